The van der Waals surface area contributed by atoms with Crippen molar-refractivity contribution in [2.45, 2.75) is 32.6 Å². The van der Waals surface area contributed by atoms with Crippen LogP contribution in [0.5, 0.6) is 0 Å². The van der Waals surface area contributed by atoms with Crippen LogP contribution in [0.15, 0.2) is 0 Å². The van der Waals surface area contributed by atoms with Gasteiger partial charge in [-0.2, -0.15) is 0 Å². The Kier molecular flexibility index (Phi) is 4.54. The van der Waals surface area contributed by atoms with Gasteiger partial charge in [-0.25, -0.2) is 0 Å². The van der Waals surface area contributed by atoms with Crippen molar-refractivity contribution in [3.8, 4) is 0 Å². The van der Waals surface area contributed by atoms with Crippen molar-refractivity contribution >= 4 is 5.91 Å². The highest BCUT2D eigenvalue weighted by atomic mass is 16.3. The van der Waals surface area contributed by atoms with Crippen LogP contribution in [0.25, 0.3) is 0 Å². The van der Waals surface area contributed by atoms with E-state index in [0.29, 0.717) is 19.0 Å². The van der Waals surface area contributed by atoms with Crippen LogP contribution >= 0.6 is 0 Å². The predicted octanol–water partition coefficient (Wildman–Crippen LogP) is 0.250. The quantitative estimate of drug-likeness (QED) is 0.628. The van der Waals surface area contributed by atoms with Crippen LogP contribution in [0.3, 0.4) is 0 Å². The number of aliphatic hydroxyl groups excluding tert-OH is 1. The van der Waals surface area contributed by atoms with Gasteiger partial charge in [0.1, 0.15) is 0 Å². The maximum Gasteiger partial charge on any atom is 0.227 e. The SMILES string of the molecule is CC1CCC(CN)(C(=O)NCCO)CC1. The summed E-state index contributed by atoms with van der Waals surface area (Å²) in [5.74, 6) is 0.723. The van der Waals surface area contributed by atoms with E-state index in [1.54, 1.807) is 0 Å². The number of aliphatic hydroxyl groups is 1. The lowest BCUT2D eigenvalue weighted by Crippen LogP contribution is -2.48. The molecule has 1 aliphatic carbocycles. The molecule has 0 aromatic heterocycles. The van der Waals surface area contributed by atoms with Crippen molar-refractivity contribution in [1.82, 2.24) is 5.32 Å². The van der Waals surface area contributed by atoms with Crippen LogP contribution in [-0.4, -0.2) is 30.7 Å². The Balaban J connectivity index is 2.56. The largest absolute Gasteiger partial charge is 0.395 e. The Morgan fingerprint density at radius 3 is 2.60 bits per heavy atom. The average molecular weight is 214 g/mol. The number of nitrogens with one attached hydrogen (secondary N) is 1. The molecule has 4 nitrogen and oxygen atoms in total. The molecule has 0 heterocycles. The summed E-state index contributed by atoms with van der Waals surface area (Å²) in [5.41, 5.74) is 5.36. The topological polar surface area (TPSA) is 75.4 Å². The number of hydrogen-bond acceptors (Lipinski definition) is 3. The fraction of sp³-hybridized carbons (Fsp3) is 0.909. The van der Waals surface area contributed by atoms with Crippen LogP contribution < -0.4 is 11.1 Å². The standard InChI is InChI=1S/C11H22N2O2/c1-9-2-4-11(8-12,5-3-9)10(15)13-6-7-14/h9,14H,2-8,12H2,1H3,(H,13,15). The van der Waals surface area contributed by atoms with Gasteiger partial charge in [0, 0.05) is 13.1 Å². The Bertz CT molecular complexity index is 211. The Morgan fingerprint density at radius 2 is 2.13 bits per heavy atom. The summed E-state index contributed by atoms with van der Waals surface area (Å²) < 4.78 is 0. The van der Waals surface area contributed by atoms with Crippen molar-refractivity contribution in [1.29, 1.82) is 0 Å². The van der Waals surface area contributed by atoms with Crippen LogP contribution in [-0.2, 0) is 4.79 Å². The van der Waals surface area contributed by atoms with Crippen molar-refractivity contribution in [2.75, 3.05) is 19.7 Å². The third-order valence-electron chi connectivity index (χ3n) is 3.50. The van der Waals surface area contributed by atoms with Crippen molar-refractivity contribution in [3.63, 3.8) is 0 Å². The molecular weight excluding hydrogens is 192 g/mol. The summed E-state index contributed by atoms with van der Waals surface area (Å²) in [5, 5.41) is 11.4. The molecular formula is C11H22N2O2. The molecule has 1 aliphatic rings. The van der Waals surface area contributed by atoms with Gasteiger partial charge in [0.15, 0.2) is 0 Å². The minimum Gasteiger partial charge on any atom is -0.395 e. The first-order chi connectivity index (χ1) is 7.14. The van der Waals surface area contributed by atoms with E-state index in [1.165, 1.54) is 0 Å². The monoisotopic (exact) mass is 214 g/mol. The summed E-state index contributed by atoms with van der Waals surface area (Å²) in [6.07, 6.45) is 3.90. The van der Waals surface area contributed by atoms with Crippen LogP contribution in [0.2, 0.25) is 0 Å². The van der Waals surface area contributed by atoms with Gasteiger partial charge in [-0.1, -0.05) is 6.92 Å². The molecule has 0 radical (unpaired) electrons. The van der Waals surface area contributed by atoms with E-state index in [2.05, 4.69) is 12.2 Å². The maximum absolute atomic E-state index is 11.9. The first-order valence-corrected chi connectivity index (χ1v) is 5.74. The fourth-order valence-corrected chi connectivity index (χ4v) is 2.20. The summed E-state index contributed by atoms with van der Waals surface area (Å²) >= 11 is 0. The van der Waals surface area contributed by atoms with Crippen molar-refractivity contribution in [2.24, 2.45) is 17.1 Å². The second kappa shape index (κ2) is 5.47. The lowest BCUT2D eigenvalue weighted by Gasteiger charge is -2.37. The second-order valence-electron chi connectivity index (χ2n) is 4.65. The zero-order valence-corrected chi connectivity index (χ0v) is 9.46. The average Bonchev–Trinajstić information content (AvgIpc) is 2.27. The summed E-state index contributed by atoms with van der Waals surface area (Å²) in [6, 6.07) is 0. The Morgan fingerprint density at radius 1 is 1.53 bits per heavy atom. The highest BCUT2D eigenvalue weighted by Gasteiger charge is 2.39. The number of nitrogens with two attached hydrogens (primary N) is 1. The molecule has 88 valence electrons. The molecule has 0 saturated heterocycles. The number of amides is 1. The van der Waals surface area contributed by atoms with E-state index < -0.39 is 0 Å². The normalized spacial score (nSPS) is 31.3. The highest BCUT2D eigenvalue weighted by Crippen LogP contribution is 2.38. The molecule has 0 unspecified atom stereocenters. The van der Waals surface area contributed by atoms with Gasteiger partial charge in [-0.05, 0) is 31.6 Å². The lowest BCUT2D eigenvalue weighted by atomic mass is 9.70. The molecule has 0 aliphatic heterocycles. The van der Waals surface area contributed by atoms with Gasteiger partial charge < -0.3 is 16.2 Å². The molecule has 15 heavy (non-hydrogen) atoms. The molecule has 0 aromatic rings. The number of carbonyl (C=O) groups is 1. The lowest BCUT2D eigenvalue weighted by molar-refractivity contribution is -0.133. The highest BCUT2D eigenvalue weighted by molar-refractivity contribution is 5.83. The van der Waals surface area contributed by atoms with E-state index in [-0.39, 0.29) is 17.9 Å². The number of carbonyl (C=O) groups excluding carboxylic acids is 1. The molecule has 0 aromatic carbocycles. The van der Waals surface area contributed by atoms with E-state index >= 15 is 0 Å². The molecule has 4 N–H and O–H groups in total. The van der Waals surface area contributed by atoms with Gasteiger partial charge in [-0.3, -0.25) is 4.79 Å². The third-order valence-corrected chi connectivity index (χ3v) is 3.50. The second-order valence-corrected chi connectivity index (χ2v) is 4.65. The molecule has 4 heteroatoms. The van der Waals surface area contributed by atoms with Crippen LogP contribution in [0, 0.1) is 11.3 Å². The van der Waals surface area contributed by atoms with Crippen LogP contribution in [0.4, 0.5) is 0 Å². The molecule has 0 atom stereocenters. The van der Waals surface area contributed by atoms with Crippen molar-refractivity contribution in [3.05, 3.63) is 0 Å². The van der Waals surface area contributed by atoms with E-state index in [1.807, 2.05) is 0 Å². The van der Waals surface area contributed by atoms with E-state index in [9.17, 15) is 4.79 Å². The summed E-state index contributed by atoms with van der Waals surface area (Å²) in [6.45, 7) is 2.95. The van der Waals surface area contributed by atoms with Gasteiger partial charge in [0.05, 0.1) is 12.0 Å². The number of hydrogen-bond donors (Lipinski definition) is 3. The first kappa shape index (κ1) is 12.5. The zero-order chi connectivity index (χ0) is 11.3. The minimum atomic E-state index is -0.373. The Labute approximate surface area is 91.2 Å². The fourth-order valence-electron chi connectivity index (χ4n) is 2.20. The Hall–Kier alpha value is -0.610. The molecule has 1 rings (SSSR count). The van der Waals surface area contributed by atoms with Gasteiger partial charge >= 0.3 is 0 Å². The first-order valence-electron chi connectivity index (χ1n) is 5.74. The third kappa shape index (κ3) is 2.92. The zero-order valence-electron chi connectivity index (χ0n) is 9.46. The predicted molar refractivity (Wildman–Crippen MR) is 59.2 cm³/mol. The van der Waals surface area contributed by atoms with E-state index in [4.69, 9.17) is 10.8 Å². The number of rotatable bonds is 4. The molecule has 0 bridgehead atoms. The van der Waals surface area contributed by atoms with Gasteiger partial charge in [-0.15, -0.1) is 0 Å². The van der Waals surface area contributed by atoms with Crippen LogP contribution in [0.1, 0.15) is 32.6 Å². The van der Waals surface area contributed by atoms with Crippen molar-refractivity contribution < 1.29 is 9.90 Å². The van der Waals surface area contributed by atoms with E-state index in [0.717, 1.165) is 25.7 Å². The minimum absolute atomic E-state index is 0.0111. The molecule has 0 spiro atoms. The summed E-state index contributed by atoms with van der Waals surface area (Å²) in [7, 11) is 0. The maximum atomic E-state index is 11.9. The molecule has 1 saturated carbocycles. The summed E-state index contributed by atoms with van der Waals surface area (Å²) in [4.78, 5) is 11.9. The van der Waals surface area contributed by atoms with Gasteiger partial charge in [0.2, 0.25) is 5.91 Å². The van der Waals surface area contributed by atoms with Gasteiger partial charge in [0.25, 0.3) is 0 Å². The molecule has 1 amide bonds. The smallest absolute Gasteiger partial charge is 0.227 e. The molecule has 1 fully saturated rings.